The first-order valence-electron chi connectivity index (χ1n) is 7.13. The number of nitrogens with zero attached hydrogens (tertiary/aromatic N) is 2. The van der Waals surface area contributed by atoms with Crippen LogP contribution in [0, 0.1) is 0 Å². The molecule has 0 fully saturated rings. The van der Waals surface area contributed by atoms with Crippen molar-refractivity contribution in [1.29, 1.82) is 0 Å². The summed E-state index contributed by atoms with van der Waals surface area (Å²) < 4.78 is 27.3. The predicted molar refractivity (Wildman–Crippen MR) is 82.3 cm³/mol. The molecule has 0 bridgehead atoms. The average Bonchev–Trinajstić information content (AvgIpc) is 2.46. The quantitative estimate of drug-likeness (QED) is 0.801. The molecule has 0 saturated carbocycles. The van der Waals surface area contributed by atoms with Crippen LogP contribution in [0.1, 0.15) is 40.0 Å². The van der Waals surface area contributed by atoms with Crippen LogP contribution in [-0.2, 0) is 10.0 Å². The van der Waals surface area contributed by atoms with Gasteiger partial charge in [-0.25, -0.2) is 13.4 Å². The van der Waals surface area contributed by atoms with Crippen molar-refractivity contribution in [3.05, 3.63) is 18.3 Å². The monoisotopic (exact) mass is 299 g/mol. The van der Waals surface area contributed by atoms with Crippen LogP contribution in [0.3, 0.4) is 0 Å². The van der Waals surface area contributed by atoms with Crippen molar-refractivity contribution in [2.75, 3.05) is 18.9 Å². The van der Waals surface area contributed by atoms with Gasteiger partial charge in [0.25, 0.3) is 10.0 Å². The fraction of sp³-hybridized carbons (Fsp3) is 0.643. The summed E-state index contributed by atoms with van der Waals surface area (Å²) in [6, 6.07) is 3.43. The molecule has 0 aliphatic heterocycles. The second kappa shape index (κ2) is 7.59. The standard InChI is InChI=1S/C14H25N3O2S/c1-5-7-11-17(12(3)6-2)20(18,19)14-13(15-4)9-8-10-16-14/h8-10,12,15H,5-7,11H2,1-4H3. The average molecular weight is 299 g/mol. The molecule has 1 rings (SSSR count). The van der Waals surface area contributed by atoms with Crippen molar-refractivity contribution in [2.24, 2.45) is 0 Å². The van der Waals surface area contributed by atoms with Crippen LogP contribution < -0.4 is 5.32 Å². The molecule has 0 spiro atoms. The number of aromatic nitrogens is 1. The van der Waals surface area contributed by atoms with Crippen LogP contribution in [0.4, 0.5) is 5.69 Å². The molecule has 0 amide bonds. The first kappa shape index (κ1) is 16.9. The van der Waals surface area contributed by atoms with Gasteiger partial charge in [0, 0.05) is 25.8 Å². The smallest absolute Gasteiger partial charge is 0.262 e. The van der Waals surface area contributed by atoms with E-state index >= 15 is 0 Å². The summed E-state index contributed by atoms with van der Waals surface area (Å²) >= 11 is 0. The maximum absolute atomic E-state index is 12.8. The highest BCUT2D eigenvalue weighted by Gasteiger charge is 2.30. The lowest BCUT2D eigenvalue weighted by atomic mass is 10.2. The van der Waals surface area contributed by atoms with E-state index in [1.54, 1.807) is 23.5 Å². The molecular formula is C14H25N3O2S. The summed E-state index contributed by atoms with van der Waals surface area (Å²) in [5, 5.41) is 3.01. The Labute approximate surface area is 122 Å². The van der Waals surface area contributed by atoms with Crippen molar-refractivity contribution in [3.8, 4) is 0 Å². The Morgan fingerprint density at radius 2 is 2.10 bits per heavy atom. The van der Waals surface area contributed by atoms with Crippen molar-refractivity contribution in [2.45, 2.75) is 51.1 Å². The Bertz CT molecular complexity index is 517. The molecule has 6 heteroatoms. The number of rotatable bonds is 8. The van der Waals surface area contributed by atoms with Crippen LogP contribution in [0.2, 0.25) is 0 Å². The zero-order valence-electron chi connectivity index (χ0n) is 12.8. The van der Waals surface area contributed by atoms with E-state index < -0.39 is 10.0 Å². The van der Waals surface area contributed by atoms with Crippen LogP contribution in [-0.4, -0.2) is 37.3 Å². The highest BCUT2D eigenvalue weighted by molar-refractivity contribution is 7.89. The van der Waals surface area contributed by atoms with Crippen LogP contribution in [0.15, 0.2) is 23.4 Å². The summed E-state index contributed by atoms with van der Waals surface area (Å²) in [5.41, 5.74) is 0.539. The fourth-order valence-corrected chi connectivity index (χ4v) is 3.85. The second-order valence-corrected chi connectivity index (χ2v) is 6.64. The van der Waals surface area contributed by atoms with Gasteiger partial charge in [0.1, 0.15) is 0 Å². The summed E-state index contributed by atoms with van der Waals surface area (Å²) in [6.07, 6.45) is 4.11. The normalized spacial score (nSPS) is 13.4. The number of nitrogens with one attached hydrogen (secondary N) is 1. The molecule has 5 nitrogen and oxygen atoms in total. The molecule has 1 aromatic rings. The highest BCUT2D eigenvalue weighted by Crippen LogP contribution is 2.24. The number of sulfonamides is 1. The van der Waals surface area contributed by atoms with Gasteiger partial charge in [0.05, 0.1) is 5.69 Å². The van der Waals surface area contributed by atoms with Gasteiger partial charge in [-0.05, 0) is 31.9 Å². The SMILES string of the molecule is CCCCN(C(C)CC)S(=O)(=O)c1ncccc1NC. The summed E-state index contributed by atoms with van der Waals surface area (Å²) in [4.78, 5) is 4.07. The third-order valence-corrected chi connectivity index (χ3v) is 5.38. The minimum Gasteiger partial charge on any atom is -0.386 e. The van der Waals surface area contributed by atoms with Crippen molar-refractivity contribution < 1.29 is 8.42 Å². The molecule has 114 valence electrons. The molecule has 1 unspecified atom stereocenters. The second-order valence-electron chi connectivity index (χ2n) is 4.83. The van der Waals surface area contributed by atoms with Crippen molar-refractivity contribution >= 4 is 15.7 Å². The zero-order chi connectivity index (χ0) is 15.2. The van der Waals surface area contributed by atoms with E-state index in [9.17, 15) is 8.42 Å². The molecule has 1 atom stereocenters. The predicted octanol–water partition coefficient (Wildman–Crippen LogP) is 2.71. The van der Waals surface area contributed by atoms with E-state index in [1.165, 1.54) is 6.20 Å². The number of hydrogen-bond donors (Lipinski definition) is 1. The van der Waals surface area contributed by atoms with Gasteiger partial charge < -0.3 is 5.32 Å². The van der Waals surface area contributed by atoms with Crippen molar-refractivity contribution in [3.63, 3.8) is 0 Å². The van der Waals surface area contributed by atoms with Gasteiger partial charge in [-0.1, -0.05) is 20.3 Å². The third kappa shape index (κ3) is 3.70. The van der Waals surface area contributed by atoms with Gasteiger partial charge in [-0.15, -0.1) is 0 Å². The first-order valence-corrected chi connectivity index (χ1v) is 8.57. The number of hydrogen-bond acceptors (Lipinski definition) is 4. The van der Waals surface area contributed by atoms with E-state index in [0.717, 1.165) is 19.3 Å². The minimum atomic E-state index is -3.57. The van der Waals surface area contributed by atoms with E-state index in [-0.39, 0.29) is 11.1 Å². The topological polar surface area (TPSA) is 62.3 Å². The van der Waals surface area contributed by atoms with E-state index in [2.05, 4.69) is 17.2 Å². The van der Waals surface area contributed by atoms with Gasteiger partial charge in [-0.2, -0.15) is 4.31 Å². The number of pyridine rings is 1. The highest BCUT2D eigenvalue weighted by atomic mass is 32.2. The Morgan fingerprint density at radius 1 is 1.40 bits per heavy atom. The zero-order valence-corrected chi connectivity index (χ0v) is 13.6. The van der Waals surface area contributed by atoms with Gasteiger partial charge in [0.15, 0.2) is 5.03 Å². The lowest BCUT2D eigenvalue weighted by Gasteiger charge is -2.27. The van der Waals surface area contributed by atoms with Gasteiger partial charge >= 0.3 is 0 Å². The fourth-order valence-electron chi connectivity index (χ4n) is 1.99. The van der Waals surface area contributed by atoms with Gasteiger partial charge in [0.2, 0.25) is 0 Å². The van der Waals surface area contributed by atoms with Crippen molar-refractivity contribution in [1.82, 2.24) is 9.29 Å². The molecule has 0 radical (unpaired) electrons. The summed E-state index contributed by atoms with van der Waals surface area (Å²) in [6.45, 7) is 6.53. The molecule has 0 aliphatic rings. The first-order chi connectivity index (χ1) is 9.48. The molecule has 1 heterocycles. The van der Waals surface area contributed by atoms with E-state index in [4.69, 9.17) is 0 Å². The Balaban J connectivity index is 3.21. The molecule has 0 aliphatic carbocycles. The Kier molecular flexibility index (Phi) is 6.42. The molecule has 20 heavy (non-hydrogen) atoms. The molecule has 0 saturated heterocycles. The Hall–Kier alpha value is -1.14. The molecule has 1 N–H and O–H groups in total. The van der Waals surface area contributed by atoms with Gasteiger partial charge in [-0.3, -0.25) is 0 Å². The molecule has 1 aromatic heterocycles. The number of anilines is 1. The van der Waals surface area contributed by atoms with E-state index in [0.29, 0.717) is 12.2 Å². The lowest BCUT2D eigenvalue weighted by Crippen LogP contribution is -2.39. The maximum atomic E-state index is 12.8. The summed E-state index contributed by atoms with van der Waals surface area (Å²) in [7, 11) is -1.86. The largest absolute Gasteiger partial charge is 0.386 e. The minimum absolute atomic E-state index is 0.0294. The number of unbranched alkanes of at least 4 members (excludes halogenated alkanes) is 1. The molecular weight excluding hydrogens is 274 g/mol. The maximum Gasteiger partial charge on any atom is 0.262 e. The van der Waals surface area contributed by atoms with Crippen LogP contribution >= 0.6 is 0 Å². The van der Waals surface area contributed by atoms with Crippen LogP contribution in [0.5, 0.6) is 0 Å². The van der Waals surface area contributed by atoms with E-state index in [1.807, 2.05) is 13.8 Å². The lowest BCUT2D eigenvalue weighted by molar-refractivity contribution is 0.323. The van der Waals surface area contributed by atoms with Crippen LogP contribution in [0.25, 0.3) is 0 Å². The third-order valence-electron chi connectivity index (χ3n) is 3.41. The molecule has 0 aromatic carbocycles. The Morgan fingerprint density at radius 3 is 2.65 bits per heavy atom. The summed E-state index contributed by atoms with van der Waals surface area (Å²) in [5.74, 6) is 0.